The van der Waals surface area contributed by atoms with E-state index in [-0.39, 0.29) is 29.0 Å². The van der Waals surface area contributed by atoms with Gasteiger partial charge in [0.25, 0.3) is 0 Å². The molecule has 1 atom stereocenters. The second-order valence-corrected chi connectivity index (χ2v) is 9.83. The fourth-order valence-electron chi connectivity index (χ4n) is 3.68. The van der Waals surface area contributed by atoms with Crippen molar-refractivity contribution in [1.29, 1.82) is 0 Å². The van der Waals surface area contributed by atoms with Gasteiger partial charge in [0.05, 0.1) is 11.3 Å². The predicted octanol–water partition coefficient (Wildman–Crippen LogP) is 2.71. The Labute approximate surface area is 183 Å². The van der Waals surface area contributed by atoms with Crippen LogP contribution < -0.4 is 10.0 Å². The van der Waals surface area contributed by atoms with Crippen LogP contribution in [-0.4, -0.2) is 44.8 Å². The van der Waals surface area contributed by atoms with Gasteiger partial charge in [-0.05, 0) is 55.5 Å². The molecule has 0 aromatic heterocycles. The van der Waals surface area contributed by atoms with E-state index in [0.29, 0.717) is 25.3 Å². The minimum atomic E-state index is -3.56. The van der Waals surface area contributed by atoms with Crippen LogP contribution in [0.15, 0.2) is 53.4 Å². The maximum atomic E-state index is 12.7. The fraction of sp³-hybridized carbons (Fsp3) is 0.391. The number of hydrogen-bond donors (Lipinski definition) is 2. The number of nitrogens with zero attached hydrogens (tertiary/aromatic N) is 1. The Hall–Kier alpha value is -2.71. The first-order valence-corrected chi connectivity index (χ1v) is 11.9. The molecule has 0 spiro atoms. The second-order valence-electron chi connectivity index (χ2n) is 8.07. The smallest absolute Gasteiger partial charge is 0.240 e. The van der Waals surface area contributed by atoms with E-state index in [4.69, 9.17) is 0 Å². The van der Waals surface area contributed by atoms with Gasteiger partial charge in [0.1, 0.15) is 0 Å². The summed E-state index contributed by atoms with van der Waals surface area (Å²) in [6.07, 6.45) is 2.01. The molecule has 2 N–H and O–H groups in total. The average molecular weight is 444 g/mol. The summed E-state index contributed by atoms with van der Waals surface area (Å²) >= 11 is 0. The lowest BCUT2D eigenvalue weighted by molar-refractivity contribution is -0.132. The molecule has 166 valence electrons. The molecule has 3 rings (SSSR count). The third-order valence-electron chi connectivity index (χ3n) is 5.39. The zero-order valence-electron chi connectivity index (χ0n) is 17.9. The van der Waals surface area contributed by atoms with Crippen LogP contribution in [0.5, 0.6) is 0 Å². The Bertz CT molecular complexity index is 1020. The fourth-order valence-corrected chi connectivity index (χ4v) is 4.80. The van der Waals surface area contributed by atoms with Crippen molar-refractivity contribution in [2.75, 3.05) is 25.0 Å². The number of anilines is 1. The summed E-state index contributed by atoms with van der Waals surface area (Å²) in [5.41, 5.74) is 2.58. The van der Waals surface area contributed by atoms with E-state index in [2.05, 4.69) is 10.0 Å². The standard InChI is InChI=1S/C23H29N3O4S/c1-17-5-11-22(12-6-17)31(29,30)24-15-20-4-3-13-26(16-20)23(28)14-19-7-9-21(10-8-19)25-18(2)27/h5-12,20,24H,3-4,13-16H2,1-2H3,(H,25,27). The summed E-state index contributed by atoms with van der Waals surface area (Å²) in [5, 5.41) is 2.70. The summed E-state index contributed by atoms with van der Waals surface area (Å²) in [5.74, 6) is -0.0281. The molecule has 1 unspecified atom stereocenters. The van der Waals surface area contributed by atoms with Crippen molar-refractivity contribution in [3.8, 4) is 0 Å². The van der Waals surface area contributed by atoms with Crippen molar-refractivity contribution in [3.05, 3.63) is 59.7 Å². The van der Waals surface area contributed by atoms with E-state index >= 15 is 0 Å². The number of benzene rings is 2. The molecule has 1 aliphatic heterocycles. The van der Waals surface area contributed by atoms with E-state index in [1.165, 1.54) is 6.92 Å². The highest BCUT2D eigenvalue weighted by Gasteiger charge is 2.25. The number of rotatable bonds is 7. The zero-order chi connectivity index (χ0) is 22.4. The maximum absolute atomic E-state index is 12.7. The van der Waals surface area contributed by atoms with Crippen LogP contribution in [0.1, 0.15) is 30.9 Å². The molecule has 0 aliphatic carbocycles. The Balaban J connectivity index is 1.53. The van der Waals surface area contributed by atoms with Crippen LogP contribution in [0.25, 0.3) is 0 Å². The summed E-state index contributed by atoms with van der Waals surface area (Å²) < 4.78 is 27.7. The molecular formula is C23H29N3O4S. The van der Waals surface area contributed by atoms with Gasteiger partial charge in [-0.2, -0.15) is 0 Å². The molecule has 1 fully saturated rings. The number of aryl methyl sites for hydroxylation is 1. The molecule has 7 nitrogen and oxygen atoms in total. The van der Waals surface area contributed by atoms with Crippen molar-refractivity contribution < 1.29 is 18.0 Å². The number of amides is 2. The van der Waals surface area contributed by atoms with E-state index in [1.807, 2.05) is 24.0 Å². The van der Waals surface area contributed by atoms with Gasteiger partial charge in [0, 0.05) is 32.2 Å². The largest absolute Gasteiger partial charge is 0.342 e. The lowest BCUT2D eigenvalue weighted by Crippen LogP contribution is -2.44. The van der Waals surface area contributed by atoms with Gasteiger partial charge in [-0.25, -0.2) is 13.1 Å². The van der Waals surface area contributed by atoms with Crippen LogP contribution in [0.3, 0.4) is 0 Å². The molecule has 2 aromatic rings. The zero-order valence-corrected chi connectivity index (χ0v) is 18.7. The minimum absolute atomic E-state index is 0.0263. The van der Waals surface area contributed by atoms with E-state index in [9.17, 15) is 18.0 Å². The quantitative estimate of drug-likeness (QED) is 0.688. The Morgan fingerprint density at radius 1 is 1.06 bits per heavy atom. The molecule has 31 heavy (non-hydrogen) atoms. The monoisotopic (exact) mass is 443 g/mol. The molecule has 1 saturated heterocycles. The summed E-state index contributed by atoms with van der Waals surface area (Å²) in [4.78, 5) is 25.9. The number of hydrogen-bond acceptors (Lipinski definition) is 4. The van der Waals surface area contributed by atoms with E-state index < -0.39 is 10.0 Å². The van der Waals surface area contributed by atoms with E-state index in [0.717, 1.165) is 24.0 Å². The Kier molecular flexibility index (Phi) is 7.46. The molecule has 0 bridgehead atoms. The van der Waals surface area contributed by atoms with E-state index in [1.54, 1.807) is 36.4 Å². The van der Waals surface area contributed by atoms with Crippen LogP contribution in [-0.2, 0) is 26.0 Å². The molecule has 0 radical (unpaired) electrons. The van der Waals surface area contributed by atoms with Crippen molar-refractivity contribution in [1.82, 2.24) is 9.62 Å². The molecule has 0 saturated carbocycles. The highest BCUT2D eigenvalue weighted by Crippen LogP contribution is 2.19. The Morgan fingerprint density at radius 3 is 2.39 bits per heavy atom. The average Bonchev–Trinajstić information content (AvgIpc) is 2.74. The van der Waals surface area contributed by atoms with Crippen LogP contribution >= 0.6 is 0 Å². The second kappa shape index (κ2) is 10.1. The normalized spacial score (nSPS) is 16.7. The van der Waals surface area contributed by atoms with Crippen molar-refractivity contribution in [2.45, 2.75) is 38.0 Å². The number of carbonyl (C=O) groups excluding carboxylic acids is 2. The van der Waals surface area contributed by atoms with Crippen LogP contribution in [0, 0.1) is 12.8 Å². The van der Waals surface area contributed by atoms with Gasteiger partial charge in [0.2, 0.25) is 21.8 Å². The third kappa shape index (κ3) is 6.63. The number of sulfonamides is 1. The Morgan fingerprint density at radius 2 is 1.74 bits per heavy atom. The molecule has 2 aromatic carbocycles. The SMILES string of the molecule is CC(=O)Nc1ccc(CC(=O)N2CCCC(CNS(=O)(=O)c3ccc(C)cc3)C2)cc1. The number of nitrogens with one attached hydrogen (secondary N) is 2. The lowest BCUT2D eigenvalue weighted by atomic mass is 9.97. The molecular weight excluding hydrogens is 414 g/mol. The summed E-state index contributed by atoms with van der Waals surface area (Å²) in [7, 11) is -3.56. The molecule has 1 heterocycles. The minimum Gasteiger partial charge on any atom is -0.342 e. The van der Waals surface area contributed by atoms with Gasteiger partial charge in [-0.3, -0.25) is 9.59 Å². The van der Waals surface area contributed by atoms with Crippen LogP contribution in [0.2, 0.25) is 0 Å². The van der Waals surface area contributed by atoms with Crippen molar-refractivity contribution in [3.63, 3.8) is 0 Å². The van der Waals surface area contributed by atoms with Crippen LogP contribution in [0.4, 0.5) is 5.69 Å². The molecule has 1 aliphatic rings. The number of carbonyl (C=O) groups is 2. The van der Waals surface area contributed by atoms with Gasteiger partial charge < -0.3 is 10.2 Å². The molecule has 8 heteroatoms. The highest BCUT2D eigenvalue weighted by molar-refractivity contribution is 7.89. The maximum Gasteiger partial charge on any atom is 0.240 e. The first-order valence-electron chi connectivity index (χ1n) is 10.4. The van der Waals surface area contributed by atoms with Gasteiger partial charge in [-0.1, -0.05) is 29.8 Å². The topological polar surface area (TPSA) is 95.6 Å². The first-order chi connectivity index (χ1) is 14.7. The van der Waals surface area contributed by atoms with Gasteiger partial charge >= 0.3 is 0 Å². The van der Waals surface area contributed by atoms with Gasteiger partial charge in [-0.15, -0.1) is 0 Å². The highest BCUT2D eigenvalue weighted by atomic mass is 32.2. The van der Waals surface area contributed by atoms with Gasteiger partial charge in [0.15, 0.2) is 0 Å². The third-order valence-corrected chi connectivity index (χ3v) is 6.83. The van der Waals surface area contributed by atoms with Crippen molar-refractivity contribution >= 4 is 27.5 Å². The number of piperidine rings is 1. The lowest BCUT2D eigenvalue weighted by Gasteiger charge is -2.33. The van der Waals surface area contributed by atoms with Crippen molar-refractivity contribution in [2.24, 2.45) is 5.92 Å². The first kappa shape index (κ1) is 23.0. The molecule has 2 amide bonds. The number of likely N-dealkylation sites (tertiary alicyclic amines) is 1. The predicted molar refractivity (Wildman–Crippen MR) is 120 cm³/mol. The summed E-state index contributed by atoms with van der Waals surface area (Å²) in [6, 6.07) is 14.0. The summed E-state index contributed by atoms with van der Waals surface area (Å²) in [6.45, 7) is 4.90.